The van der Waals surface area contributed by atoms with Crippen LogP contribution in [0.15, 0.2) is 24.3 Å². The van der Waals surface area contributed by atoms with Crippen molar-refractivity contribution in [2.75, 3.05) is 13.1 Å². The average Bonchev–Trinajstić information content (AvgIpc) is 2.34. The fourth-order valence-electron chi connectivity index (χ4n) is 2.08. The van der Waals surface area contributed by atoms with Crippen molar-refractivity contribution >= 4 is 0 Å². The summed E-state index contributed by atoms with van der Waals surface area (Å²) < 4.78 is 0. The number of nitrogens with zero attached hydrogens (tertiary/aromatic N) is 1. The van der Waals surface area contributed by atoms with E-state index in [1.807, 2.05) is 12.1 Å². The molecule has 1 aromatic carbocycles. The molecule has 0 bridgehead atoms. The molecule has 0 aliphatic carbocycles. The number of hydrogen-bond donors (Lipinski definition) is 1. The Bertz CT molecular complexity index is 337. The highest BCUT2D eigenvalue weighted by atomic mass is 16.3. The van der Waals surface area contributed by atoms with Gasteiger partial charge in [0.1, 0.15) is 0 Å². The fraction of sp³-hybridized carbons (Fsp3) is 0.600. The summed E-state index contributed by atoms with van der Waals surface area (Å²) in [6.07, 6.45) is 0.734. The molecular formula is C15H25NO. The zero-order valence-electron chi connectivity index (χ0n) is 11.5. The number of aliphatic hydroxyl groups is 1. The van der Waals surface area contributed by atoms with Gasteiger partial charge in [0.05, 0.1) is 6.10 Å². The van der Waals surface area contributed by atoms with Gasteiger partial charge in [-0.15, -0.1) is 0 Å². The summed E-state index contributed by atoms with van der Waals surface area (Å²) >= 11 is 0. The second-order valence-electron chi connectivity index (χ2n) is 4.77. The van der Waals surface area contributed by atoms with E-state index in [0.29, 0.717) is 6.04 Å². The third-order valence-electron chi connectivity index (χ3n) is 3.45. The molecule has 2 nitrogen and oxygen atoms in total. The summed E-state index contributed by atoms with van der Waals surface area (Å²) in [6.45, 7) is 10.3. The van der Waals surface area contributed by atoms with Crippen molar-refractivity contribution in [3.05, 3.63) is 35.4 Å². The number of likely N-dealkylation sites (N-methyl/N-ethyl adjacent to an activating group) is 1. The number of hydrogen-bond acceptors (Lipinski definition) is 2. The molecule has 0 amide bonds. The van der Waals surface area contributed by atoms with Gasteiger partial charge >= 0.3 is 0 Å². The van der Waals surface area contributed by atoms with Crippen molar-refractivity contribution in [2.45, 2.75) is 46.3 Å². The van der Waals surface area contributed by atoms with Crippen LogP contribution >= 0.6 is 0 Å². The van der Waals surface area contributed by atoms with Crippen LogP contribution in [0, 0.1) is 6.92 Å². The van der Waals surface area contributed by atoms with E-state index >= 15 is 0 Å². The maximum absolute atomic E-state index is 10.2. The first-order valence-corrected chi connectivity index (χ1v) is 6.57. The van der Waals surface area contributed by atoms with Crippen LogP contribution in [-0.4, -0.2) is 29.1 Å². The lowest BCUT2D eigenvalue weighted by Gasteiger charge is -2.29. The summed E-state index contributed by atoms with van der Waals surface area (Å²) in [5.41, 5.74) is 2.22. The second-order valence-corrected chi connectivity index (χ2v) is 4.77. The molecule has 2 heteroatoms. The Kier molecular flexibility index (Phi) is 5.66. The highest BCUT2D eigenvalue weighted by Gasteiger charge is 2.16. The van der Waals surface area contributed by atoms with E-state index in [-0.39, 0.29) is 6.10 Å². The van der Waals surface area contributed by atoms with E-state index in [4.69, 9.17) is 0 Å². The first-order chi connectivity index (χ1) is 8.08. The minimum Gasteiger partial charge on any atom is -0.387 e. The van der Waals surface area contributed by atoms with E-state index in [1.165, 1.54) is 5.56 Å². The third kappa shape index (κ3) is 4.14. The molecule has 17 heavy (non-hydrogen) atoms. The SMILES string of the molecule is CCC(C)N(CC)CC(O)c1cccc(C)c1. The maximum atomic E-state index is 10.2. The number of benzene rings is 1. The van der Waals surface area contributed by atoms with Crippen LogP contribution in [0.2, 0.25) is 0 Å². The van der Waals surface area contributed by atoms with E-state index in [0.717, 1.165) is 25.1 Å². The topological polar surface area (TPSA) is 23.5 Å². The zero-order valence-corrected chi connectivity index (χ0v) is 11.5. The molecule has 1 aromatic rings. The van der Waals surface area contributed by atoms with Crippen LogP contribution in [0.3, 0.4) is 0 Å². The zero-order chi connectivity index (χ0) is 12.8. The maximum Gasteiger partial charge on any atom is 0.0917 e. The van der Waals surface area contributed by atoms with Gasteiger partial charge in [0.2, 0.25) is 0 Å². The Morgan fingerprint density at radius 1 is 1.29 bits per heavy atom. The van der Waals surface area contributed by atoms with Crippen LogP contribution in [0.5, 0.6) is 0 Å². The molecule has 0 fully saturated rings. The predicted molar refractivity (Wildman–Crippen MR) is 73.1 cm³/mol. The lowest BCUT2D eigenvalue weighted by molar-refractivity contribution is 0.0934. The highest BCUT2D eigenvalue weighted by Crippen LogP contribution is 2.17. The molecule has 0 heterocycles. The summed E-state index contributed by atoms with van der Waals surface area (Å²) in [7, 11) is 0. The van der Waals surface area contributed by atoms with Gasteiger partial charge in [-0.3, -0.25) is 4.90 Å². The fourth-order valence-corrected chi connectivity index (χ4v) is 2.08. The summed E-state index contributed by atoms with van der Waals surface area (Å²) in [5, 5.41) is 10.2. The lowest BCUT2D eigenvalue weighted by atomic mass is 10.1. The Hall–Kier alpha value is -0.860. The van der Waals surface area contributed by atoms with Crippen molar-refractivity contribution < 1.29 is 5.11 Å². The highest BCUT2D eigenvalue weighted by molar-refractivity contribution is 5.24. The molecular weight excluding hydrogens is 210 g/mol. The summed E-state index contributed by atoms with van der Waals surface area (Å²) in [6, 6.07) is 8.66. The second kappa shape index (κ2) is 6.77. The molecule has 0 aromatic heterocycles. The Morgan fingerprint density at radius 2 is 2.00 bits per heavy atom. The molecule has 0 spiro atoms. The number of aryl methyl sites for hydroxylation is 1. The normalized spacial score (nSPS) is 14.9. The molecule has 2 unspecified atom stereocenters. The van der Waals surface area contributed by atoms with Gasteiger partial charge in [0, 0.05) is 12.6 Å². The van der Waals surface area contributed by atoms with Gasteiger partial charge in [-0.05, 0) is 32.4 Å². The standard InChI is InChI=1S/C15H25NO/c1-5-13(4)16(6-2)11-15(17)14-9-7-8-12(3)10-14/h7-10,13,15,17H,5-6,11H2,1-4H3. The quantitative estimate of drug-likeness (QED) is 0.818. The smallest absolute Gasteiger partial charge is 0.0917 e. The van der Waals surface area contributed by atoms with Gasteiger partial charge in [0.15, 0.2) is 0 Å². The number of rotatable bonds is 6. The molecule has 0 saturated carbocycles. The Morgan fingerprint density at radius 3 is 2.53 bits per heavy atom. The number of aliphatic hydroxyl groups excluding tert-OH is 1. The molecule has 0 aliphatic heterocycles. The molecule has 0 saturated heterocycles. The van der Waals surface area contributed by atoms with Gasteiger partial charge in [-0.1, -0.05) is 43.7 Å². The minimum atomic E-state index is -0.385. The van der Waals surface area contributed by atoms with Gasteiger partial charge in [-0.2, -0.15) is 0 Å². The average molecular weight is 235 g/mol. The molecule has 0 aliphatic rings. The summed E-state index contributed by atoms with van der Waals surface area (Å²) in [5.74, 6) is 0. The van der Waals surface area contributed by atoms with E-state index < -0.39 is 0 Å². The molecule has 1 N–H and O–H groups in total. The molecule has 2 atom stereocenters. The van der Waals surface area contributed by atoms with Crippen LogP contribution in [0.1, 0.15) is 44.4 Å². The van der Waals surface area contributed by atoms with Crippen molar-refractivity contribution in [2.24, 2.45) is 0 Å². The van der Waals surface area contributed by atoms with Crippen LogP contribution in [0.25, 0.3) is 0 Å². The Labute approximate surface area is 105 Å². The van der Waals surface area contributed by atoms with Crippen molar-refractivity contribution in [3.8, 4) is 0 Å². The minimum absolute atomic E-state index is 0.385. The Balaban J connectivity index is 2.67. The first-order valence-electron chi connectivity index (χ1n) is 6.57. The first kappa shape index (κ1) is 14.2. The lowest BCUT2D eigenvalue weighted by Crippen LogP contribution is -2.35. The largest absolute Gasteiger partial charge is 0.387 e. The van der Waals surface area contributed by atoms with Crippen LogP contribution < -0.4 is 0 Å². The molecule has 0 radical (unpaired) electrons. The van der Waals surface area contributed by atoms with Gasteiger partial charge in [0.25, 0.3) is 0 Å². The van der Waals surface area contributed by atoms with Crippen molar-refractivity contribution in [1.82, 2.24) is 4.90 Å². The van der Waals surface area contributed by atoms with E-state index in [9.17, 15) is 5.11 Å². The van der Waals surface area contributed by atoms with Crippen LogP contribution in [-0.2, 0) is 0 Å². The summed E-state index contributed by atoms with van der Waals surface area (Å²) in [4.78, 5) is 2.33. The van der Waals surface area contributed by atoms with Gasteiger partial charge in [-0.25, -0.2) is 0 Å². The molecule has 1 rings (SSSR count). The molecule has 96 valence electrons. The van der Waals surface area contributed by atoms with E-state index in [1.54, 1.807) is 0 Å². The van der Waals surface area contributed by atoms with Crippen molar-refractivity contribution in [1.29, 1.82) is 0 Å². The third-order valence-corrected chi connectivity index (χ3v) is 3.45. The van der Waals surface area contributed by atoms with Gasteiger partial charge < -0.3 is 5.11 Å². The van der Waals surface area contributed by atoms with E-state index in [2.05, 4.69) is 44.7 Å². The van der Waals surface area contributed by atoms with Crippen LogP contribution in [0.4, 0.5) is 0 Å². The van der Waals surface area contributed by atoms with Crippen molar-refractivity contribution in [3.63, 3.8) is 0 Å². The monoisotopic (exact) mass is 235 g/mol. The predicted octanol–water partition coefficient (Wildman–Crippen LogP) is 3.15.